The lowest BCUT2D eigenvalue weighted by Gasteiger charge is -2.10. The summed E-state index contributed by atoms with van der Waals surface area (Å²) < 4.78 is 17.7. The van der Waals surface area contributed by atoms with Crippen LogP contribution in [-0.4, -0.2) is 29.1 Å². The number of alkyl halides is 1. The number of anilines is 1. The molecule has 0 fully saturated rings. The van der Waals surface area contributed by atoms with E-state index in [0.717, 1.165) is 11.8 Å². The van der Waals surface area contributed by atoms with Crippen LogP contribution in [0.3, 0.4) is 0 Å². The highest BCUT2D eigenvalue weighted by Crippen LogP contribution is 2.34. The summed E-state index contributed by atoms with van der Waals surface area (Å²) in [5.74, 6) is 0.185. The third kappa shape index (κ3) is 4.91. The number of pyridine rings is 1. The predicted molar refractivity (Wildman–Crippen MR) is 103 cm³/mol. The molecule has 1 atom stereocenters. The van der Waals surface area contributed by atoms with Crippen LogP contribution in [0.15, 0.2) is 34.2 Å². The Kier molecular flexibility index (Phi) is 7.05. The molecule has 2 N–H and O–H groups in total. The quantitative estimate of drug-likeness (QED) is 0.550. The summed E-state index contributed by atoms with van der Waals surface area (Å²) in [4.78, 5) is 16.9. The predicted octanol–water partition coefficient (Wildman–Crippen LogP) is 3.80. The fourth-order valence-electron chi connectivity index (χ4n) is 2.20. The van der Waals surface area contributed by atoms with Crippen LogP contribution in [0.1, 0.15) is 28.4 Å². The van der Waals surface area contributed by atoms with Gasteiger partial charge in [-0.1, -0.05) is 11.8 Å². The van der Waals surface area contributed by atoms with Crippen LogP contribution in [-0.2, 0) is 0 Å². The number of hydrogen-bond donors (Lipinski definition) is 1. The Labute approximate surface area is 164 Å². The molecule has 138 valence electrons. The number of thioether (sulfide) groups is 2. The van der Waals surface area contributed by atoms with Gasteiger partial charge >= 0.3 is 0 Å². The maximum Gasteiger partial charge on any atom is 0.235 e. The molecule has 0 bridgehead atoms. The second-order valence-electron chi connectivity index (χ2n) is 5.21. The number of ketones is 1. The third-order valence-electron chi connectivity index (χ3n) is 3.39. The number of ether oxygens (including phenoxy) is 1. The summed E-state index contributed by atoms with van der Waals surface area (Å²) in [6.45, 7) is 1.27. The molecule has 6 nitrogen and oxygen atoms in total. The van der Waals surface area contributed by atoms with Crippen molar-refractivity contribution < 1.29 is 13.9 Å². The third-order valence-corrected chi connectivity index (χ3v) is 5.18. The zero-order chi connectivity index (χ0) is 20.0. The molecule has 1 heterocycles. The Morgan fingerprint density at radius 3 is 2.44 bits per heavy atom. The van der Waals surface area contributed by atoms with Gasteiger partial charge in [-0.2, -0.15) is 10.5 Å². The van der Waals surface area contributed by atoms with Gasteiger partial charge < -0.3 is 10.5 Å². The number of nitriles is 2. The summed E-state index contributed by atoms with van der Waals surface area (Å²) in [5.41, 5.74) is 6.62. The fraction of sp³-hybridized carbons (Fsp3) is 0.222. The maximum absolute atomic E-state index is 12.8. The van der Waals surface area contributed by atoms with Crippen molar-refractivity contribution in [1.29, 1.82) is 10.5 Å². The summed E-state index contributed by atoms with van der Waals surface area (Å²) in [6, 6.07) is 10.1. The molecule has 0 radical (unpaired) electrons. The summed E-state index contributed by atoms with van der Waals surface area (Å²) in [7, 11) is 0. The number of benzene rings is 1. The van der Waals surface area contributed by atoms with E-state index in [0.29, 0.717) is 21.2 Å². The molecule has 2 aromatic rings. The van der Waals surface area contributed by atoms with Gasteiger partial charge in [-0.05, 0) is 30.5 Å². The molecule has 2 rings (SSSR count). The molecule has 0 saturated heterocycles. The summed E-state index contributed by atoms with van der Waals surface area (Å²) in [6.07, 6.45) is 0.294. The van der Waals surface area contributed by atoms with E-state index in [-0.39, 0.29) is 28.5 Å². The number of halogens is 1. The molecule has 0 aliphatic rings. The van der Waals surface area contributed by atoms with Gasteiger partial charge in [0.2, 0.25) is 6.36 Å². The minimum atomic E-state index is -1.44. The van der Waals surface area contributed by atoms with Crippen LogP contribution in [0.5, 0.6) is 5.75 Å². The lowest BCUT2D eigenvalue weighted by atomic mass is 10.1. The molecular formula is C18H15FN4O2S2. The molecule has 0 aliphatic heterocycles. The molecule has 1 unspecified atom stereocenters. The van der Waals surface area contributed by atoms with Crippen LogP contribution >= 0.6 is 23.5 Å². The Bertz CT molecular complexity index is 934. The van der Waals surface area contributed by atoms with Gasteiger partial charge in [0.25, 0.3) is 0 Å². The van der Waals surface area contributed by atoms with Crippen molar-refractivity contribution in [2.75, 3.05) is 17.7 Å². The van der Waals surface area contributed by atoms with E-state index in [9.17, 15) is 19.7 Å². The lowest BCUT2D eigenvalue weighted by Crippen LogP contribution is -2.07. The maximum atomic E-state index is 12.8. The first-order valence-corrected chi connectivity index (χ1v) is 9.86. The number of carbonyl (C=O) groups is 1. The average Bonchev–Trinajstić information content (AvgIpc) is 2.65. The van der Waals surface area contributed by atoms with Crippen molar-refractivity contribution in [3.63, 3.8) is 0 Å². The van der Waals surface area contributed by atoms with Crippen LogP contribution < -0.4 is 10.5 Å². The Morgan fingerprint density at radius 2 is 1.93 bits per heavy atom. The van der Waals surface area contributed by atoms with Crippen molar-refractivity contribution in [2.45, 2.75) is 23.2 Å². The molecule has 0 amide bonds. The van der Waals surface area contributed by atoms with E-state index in [1.54, 1.807) is 18.4 Å². The highest BCUT2D eigenvalue weighted by molar-refractivity contribution is 8.00. The van der Waals surface area contributed by atoms with E-state index in [4.69, 9.17) is 10.5 Å². The number of hydrogen-bond acceptors (Lipinski definition) is 8. The second-order valence-corrected chi connectivity index (χ2v) is 6.99. The van der Waals surface area contributed by atoms with E-state index >= 15 is 0 Å². The van der Waals surface area contributed by atoms with Crippen LogP contribution in [0.4, 0.5) is 10.2 Å². The number of rotatable bonds is 7. The lowest BCUT2D eigenvalue weighted by molar-refractivity contribution is 0.0860. The smallest absolute Gasteiger partial charge is 0.235 e. The first-order chi connectivity index (χ1) is 12.9. The molecule has 0 spiro atoms. The largest absolute Gasteiger partial charge is 0.461 e. The van der Waals surface area contributed by atoms with Gasteiger partial charge in [0.15, 0.2) is 5.78 Å². The van der Waals surface area contributed by atoms with Crippen molar-refractivity contribution in [2.24, 2.45) is 0 Å². The minimum Gasteiger partial charge on any atom is -0.461 e. The number of nitrogens with two attached hydrogens (primary N) is 1. The van der Waals surface area contributed by atoms with Gasteiger partial charge in [-0.15, -0.1) is 11.8 Å². The monoisotopic (exact) mass is 402 g/mol. The number of carbonyl (C=O) groups excluding carboxylic acids is 1. The van der Waals surface area contributed by atoms with Crippen molar-refractivity contribution in [1.82, 2.24) is 4.98 Å². The number of Topliss-reactive ketones (excluding diaryl/α,β-unsaturated/α-hetero) is 1. The standard InChI is InChI=1S/C18H15FN4O2S2/c1-10(19)25-12-5-3-11(4-6-12)15(24)9-27-18-14(8-21)16(26-2)13(7-20)17(22)23-18/h3-6,10H,9H2,1-2H3,(H2,22,23). The second kappa shape index (κ2) is 9.26. The Balaban J connectivity index is 2.19. The van der Waals surface area contributed by atoms with Gasteiger partial charge in [0.05, 0.1) is 11.3 Å². The van der Waals surface area contributed by atoms with Crippen molar-refractivity contribution in [3.05, 3.63) is 41.0 Å². The molecular weight excluding hydrogens is 387 g/mol. The zero-order valence-corrected chi connectivity index (χ0v) is 16.2. The fourth-order valence-corrected chi connectivity index (χ4v) is 3.85. The van der Waals surface area contributed by atoms with Crippen LogP contribution in [0.25, 0.3) is 0 Å². The molecule has 27 heavy (non-hydrogen) atoms. The number of nitrogen functional groups attached to an aromatic ring is 1. The van der Waals surface area contributed by atoms with Gasteiger partial charge in [-0.3, -0.25) is 4.79 Å². The van der Waals surface area contributed by atoms with Gasteiger partial charge in [0, 0.05) is 17.4 Å². The number of nitrogens with zero attached hydrogens (tertiary/aromatic N) is 3. The van der Waals surface area contributed by atoms with E-state index < -0.39 is 6.36 Å². The Hall–Kier alpha value is -2.75. The van der Waals surface area contributed by atoms with Gasteiger partial charge in [0.1, 0.15) is 34.3 Å². The van der Waals surface area contributed by atoms with Crippen LogP contribution in [0, 0.1) is 22.7 Å². The van der Waals surface area contributed by atoms with Gasteiger partial charge in [-0.25, -0.2) is 9.37 Å². The van der Waals surface area contributed by atoms with E-state index in [1.165, 1.54) is 30.8 Å². The molecule has 9 heteroatoms. The molecule has 1 aromatic carbocycles. The average molecular weight is 402 g/mol. The first kappa shape index (κ1) is 20.6. The number of aromatic nitrogens is 1. The molecule has 1 aromatic heterocycles. The Morgan fingerprint density at radius 1 is 1.30 bits per heavy atom. The topological polar surface area (TPSA) is 113 Å². The first-order valence-electron chi connectivity index (χ1n) is 7.65. The summed E-state index contributed by atoms with van der Waals surface area (Å²) >= 11 is 2.30. The van der Waals surface area contributed by atoms with E-state index in [1.807, 2.05) is 12.1 Å². The normalized spacial score (nSPS) is 11.3. The highest BCUT2D eigenvalue weighted by atomic mass is 32.2. The minimum absolute atomic E-state index is 0.0256. The SMILES string of the molecule is CSc1c(C#N)c(N)nc(SCC(=O)c2ccc(OC(C)F)cc2)c1C#N. The molecule has 0 saturated carbocycles. The molecule has 0 aliphatic carbocycles. The van der Waals surface area contributed by atoms with Crippen molar-refractivity contribution in [3.8, 4) is 17.9 Å². The van der Waals surface area contributed by atoms with Crippen LogP contribution in [0.2, 0.25) is 0 Å². The van der Waals surface area contributed by atoms with Crippen molar-refractivity contribution >= 4 is 35.1 Å². The van der Waals surface area contributed by atoms with E-state index in [2.05, 4.69) is 4.98 Å². The summed E-state index contributed by atoms with van der Waals surface area (Å²) in [5, 5.41) is 18.9. The highest BCUT2D eigenvalue weighted by Gasteiger charge is 2.19. The zero-order valence-electron chi connectivity index (χ0n) is 14.5.